The summed E-state index contributed by atoms with van der Waals surface area (Å²) in [4.78, 5) is 23.4. The van der Waals surface area contributed by atoms with Crippen molar-refractivity contribution in [2.45, 2.75) is 42.0 Å². The Morgan fingerprint density at radius 2 is 1.39 bits per heavy atom. The van der Waals surface area contributed by atoms with Gasteiger partial charge in [0.05, 0.1) is 40.5 Å². The van der Waals surface area contributed by atoms with Gasteiger partial charge in [0.15, 0.2) is 0 Å². The predicted octanol–water partition coefficient (Wildman–Crippen LogP) is -0.266. The van der Waals surface area contributed by atoms with Crippen LogP contribution in [0.15, 0.2) is 0 Å². The molecule has 0 saturated heterocycles. The number of quaternary nitrogens is 2. The highest BCUT2D eigenvalue weighted by molar-refractivity contribution is 7.46. The number of phosphoric acid groups is 2. The van der Waals surface area contributed by atoms with E-state index in [1.54, 1.807) is 0 Å². The molecule has 0 aromatic carbocycles. The molecule has 3 unspecified atom stereocenters. The number of hydrogen-bond donors (Lipinski definition) is 2. The van der Waals surface area contributed by atoms with Crippen LogP contribution in [0.4, 0.5) is 0 Å². The molecule has 206 valence electrons. The Kier molecular flexibility index (Phi) is 28.7. The van der Waals surface area contributed by atoms with E-state index in [-0.39, 0.29) is 39.8 Å². The van der Waals surface area contributed by atoms with Gasteiger partial charge in [-0.25, -0.2) is 0 Å². The Morgan fingerprint density at radius 1 is 0.879 bits per heavy atom. The molecule has 0 aliphatic carbocycles. The fraction of sp³-hybridized carbons (Fsp3) is 1.00. The molecule has 12 nitrogen and oxygen atoms in total. The van der Waals surface area contributed by atoms with Gasteiger partial charge in [0.1, 0.15) is 19.8 Å². The van der Waals surface area contributed by atoms with Crippen molar-refractivity contribution in [3.63, 3.8) is 0 Å². The average molecular weight is 530 g/mol. The summed E-state index contributed by atoms with van der Waals surface area (Å²) in [5, 5.41) is 0. The molecule has 0 aliphatic rings. The largest absolute Gasteiger partial charge is 0.756 e. The van der Waals surface area contributed by atoms with Gasteiger partial charge in [0.2, 0.25) is 0 Å². The van der Waals surface area contributed by atoms with Crippen LogP contribution in [0.2, 0.25) is 0 Å². The summed E-state index contributed by atoms with van der Waals surface area (Å²) in [7, 11) is -3.17. The lowest BCUT2D eigenvalue weighted by Crippen LogP contribution is -3.06. The molecule has 0 heterocycles. The molecule has 0 aliphatic heterocycles. The Labute approximate surface area is 202 Å². The quantitative estimate of drug-likeness (QED) is 0.168. The lowest BCUT2D eigenvalue weighted by atomic mass is 10.2. The van der Waals surface area contributed by atoms with Crippen molar-refractivity contribution in [3.05, 3.63) is 0 Å². The minimum atomic E-state index is -4.15. The van der Waals surface area contributed by atoms with Gasteiger partial charge in [0, 0.05) is 27.1 Å². The van der Waals surface area contributed by atoms with Crippen molar-refractivity contribution < 1.29 is 58.5 Å². The summed E-state index contributed by atoms with van der Waals surface area (Å²) >= 11 is 0. The van der Waals surface area contributed by atoms with Gasteiger partial charge in [-0.1, -0.05) is 21.8 Å². The van der Waals surface area contributed by atoms with E-state index in [0.29, 0.717) is 45.9 Å². The minimum Gasteiger partial charge on any atom is -0.756 e. The van der Waals surface area contributed by atoms with Crippen LogP contribution < -0.4 is 20.4 Å². The lowest BCUT2D eigenvalue weighted by molar-refractivity contribution is -0.858. The third kappa shape index (κ3) is 32.1. The second kappa shape index (κ2) is 25.2. The van der Waals surface area contributed by atoms with Crippen LogP contribution in [-0.4, -0.2) is 80.0 Å². The van der Waals surface area contributed by atoms with Crippen molar-refractivity contribution in [1.29, 1.82) is 0 Å². The van der Waals surface area contributed by atoms with Crippen LogP contribution >= 0.6 is 15.6 Å². The van der Waals surface area contributed by atoms with Gasteiger partial charge in [-0.15, -0.1) is 0 Å². The van der Waals surface area contributed by atoms with Gasteiger partial charge < -0.3 is 48.0 Å². The maximum Gasteiger partial charge on any atom is 0.268 e. The fourth-order valence-corrected chi connectivity index (χ4v) is 3.29. The van der Waals surface area contributed by atoms with Crippen molar-refractivity contribution >= 4 is 15.6 Å². The summed E-state index contributed by atoms with van der Waals surface area (Å²) in [5.41, 5.74) is 3.45. The molecule has 0 rings (SSSR count). The van der Waals surface area contributed by atoms with E-state index < -0.39 is 15.6 Å². The standard InChI is InChI=1S/C10H24NO5P.C7H18NO5P.2CH4/c1-5-14-8-10(2)9-16-17(12,13)15-7-6-11(3)4;1-2-11-5-3-6-12-14(9,10)13-7-4-8;;/h10H,5-9H2,1-4H3,(H,12,13);2-8H2,1H3,(H,9,10);2*1H4/i;;1D;. The van der Waals surface area contributed by atoms with Crippen molar-refractivity contribution in [2.24, 2.45) is 5.92 Å². The predicted molar refractivity (Wildman–Crippen MR) is 125 cm³/mol. The lowest BCUT2D eigenvalue weighted by Gasteiger charge is -2.24. The van der Waals surface area contributed by atoms with Crippen LogP contribution in [0, 0.1) is 5.92 Å². The molecule has 14 heteroatoms. The van der Waals surface area contributed by atoms with Gasteiger partial charge in [-0.05, 0) is 20.3 Å². The molecule has 4 N–H and O–H groups in total. The fourth-order valence-electron chi connectivity index (χ4n) is 1.68. The topological polar surface area (TPSA) is 168 Å². The molecule has 0 amide bonds. The zero-order valence-electron chi connectivity index (χ0n) is 21.5. The van der Waals surface area contributed by atoms with E-state index in [9.17, 15) is 18.9 Å². The van der Waals surface area contributed by atoms with E-state index in [2.05, 4.69) is 14.8 Å². The Morgan fingerprint density at radius 3 is 1.91 bits per heavy atom. The average Bonchev–Trinajstić information content (AvgIpc) is 2.76. The first-order chi connectivity index (χ1) is 15.5. The second-order valence-electron chi connectivity index (χ2n) is 6.82. The van der Waals surface area contributed by atoms with Crippen LogP contribution in [-0.2, 0) is 36.7 Å². The summed E-state index contributed by atoms with van der Waals surface area (Å²) in [6.45, 7) is 9.23. The number of ether oxygens (including phenoxy) is 2. The summed E-state index contributed by atoms with van der Waals surface area (Å²) in [6.07, 6.45) is 0.536. The van der Waals surface area contributed by atoms with E-state index >= 15 is 0 Å². The third-order valence-corrected chi connectivity index (χ3v) is 5.22. The van der Waals surface area contributed by atoms with Crippen LogP contribution in [0.1, 0.15) is 43.4 Å². The van der Waals surface area contributed by atoms with Crippen molar-refractivity contribution in [1.82, 2.24) is 0 Å². The van der Waals surface area contributed by atoms with E-state index in [1.807, 2.05) is 34.9 Å². The van der Waals surface area contributed by atoms with Gasteiger partial charge in [0.25, 0.3) is 15.6 Å². The number of rotatable bonds is 19. The molecule has 0 fully saturated rings. The molecule has 0 bridgehead atoms. The minimum absolute atomic E-state index is 0. The maximum atomic E-state index is 11.3. The molecule has 0 saturated carbocycles. The first kappa shape index (κ1) is 37.6. The summed E-state index contributed by atoms with van der Waals surface area (Å²) in [6, 6.07) is 0. The van der Waals surface area contributed by atoms with Crippen LogP contribution in [0.25, 0.3) is 0 Å². The first-order valence-corrected chi connectivity index (χ1v) is 13.4. The zero-order chi connectivity index (χ0) is 26.2. The normalized spacial score (nSPS) is 15.5. The first-order valence-electron chi connectivity index (χ1n) is 11.4. The van der Waals surface area contributed by atoms with Crippen molar-refractivity contribution in [2.75, 3.05) is 80.0 Å². The zero-order valence-corrected chi connectivity index (χ0v) is 22.3. The molecule has 0 aromatic heterocycles. The smallest absolute Gasteiger partial charge is 0.268 e. The van der Waals surface area contributed by atoms with E-state index in [1.165, 1.54) is 7.40 Å². The second-order valence-corrected chi connectivity index (χ2v) is 9.64. The molecule has 0 radical (unpaired) electrons. The Hall–Kier alpha value is 0.0600. The summed E-state index contributed by atoms with van der Waals surface area (Å²) < 4.78 is 56.7. The van der Waals surface area contributed by atoms with Crippen LogP contribution in [0.5, 0.6) is 0 Å². The third-order valence-electron chi connectivity index (χ3n) is 3.26. The number of likely N-dealkylation sites (N-methyl/N-ethyl adjacent to an activating group) is 1. The molecule has 0 spiro atoms. The molecule has 3 atom stereocenters. The van der Waals surface area contributed by atoms with E-state index in [4.69, 9.17) is 19.9 Å². The number of nitrogens with one attached hydrogen (secondary N) is 1. The molecule has 33 heavy (non-hydrogen) atoms. The molecular formula is C19H50N2O10P2. The number of hydrogen-bond acceptors (Lipinski definition) is 10. The van der Waals surface area contributed by atoms with Crippen LogP contribution in [0.3, 0.4) is 0 Å². The van der Waals surface area contributed by atoms with Gasteiger partial charge in [-0.3, -0.25) is 9.13 Å². The van der Waals surface area contributed by atoms with Crippen molar-refractivity contribution in [3.8, 4) is 0 Å². The monoisotopic (exact) mass is 529 g/mol. The Bertz CT molecular complexity index is 508. The van der Waals surface area contributed by atoms with Gasteiger partial charge in [-0.2, -0.15) is 0 Å². The highest BCUT2D eigenvalue weighted by Gasteiger charge is 2.13. The highest BCUT2D eigenvalue weighted by Crippen LogP contribution is 2.38. The van der Waals surface area contributed by atoms with Gasteiger partial charge >= 0.3 is 0 Å². The highest BCUT2D eigenvalue weighted by atomic mass is 31.2. The Balaban J connectivity index is -0.000000243. The number of phosphoric ester groups is 2. The maximum absolute atomic E-state index is 11.3. The SMILES string of the molecule is C.CCOCC(C)COP(=O)([O-])OCC[NH+](C)C.CCOCCCOP(=O)([O-])OCC[NH3+].[2H]C. The molecule has 0 aromatic rings. The van der Waals surface area contributed by atoms with E-state index in [0.717, 1.165) is 4.90 Å². The summed E-state index contributed by atoms with van der Waals surface area (Å²) in [5.74, 6) is 0.0281. The molecular weight excluding hydrogens is 478 g/mol.